The van der Waals surface area contributed by atoms with Crippen molar-refractivity contribution in [3.8, 4) is 0 Å². The van der Waals surface area contributed by atoms with E-state index in [0.29, 0.717) is 0 Å². The lowest BCUT2D eigenvalue weighted by molar-refractivity contribution is 0.254. The van der Waals surface area contributed by atoms with Gasteiger partial charge in [-0.25, -0.2) is 4.98 Å². The van der Waals surface area contributed by atoms with Gasteiger partial charge in [0.2, 0.25) is 5.78 Å². The van der Waals surface area contributed by atoms with Gasteiger partial charge in [0.25, 0.3) is 0 Å². The lowest BCUT2D eigenvalue weighted by Gasteiger charge is -2.22. The van der Waals surface area contributed by atoms with Crippen molar-refractivity contribution in [1.82, 2.24) is 24.3 Å². The highest BCUT2D eigenvalue weighted by Gasteiger charge is 2.21. The quantitative estimate of drug-likeness (QED) is 0.431. The summed E-state index contributed by atoms with van der Waals surface area (Å²) in [7, 11) is 0. The summed E-state index contributed by atoms with van der Waals surface area (Å²) in [5.41, 5.74) is 4.45. The van der Waals surface area contributed by atoms with Crippen LogP contribution in [0.1, 0.15) is 92.0 Å². The first-order valence-electron chi connectivity index (χ1n) is 12.3. The van der Waals surface area contributed by atoms with Crippen molar-refractivity contribution in [2.45, 2.75) is 94.0 Å². The van der Waals surface area contributed by atoms with Gasteiger partial charge in [-0.2, -0.15) is 4.98 Å². The molecule has 4 rings (SSSR count). The second-order valence-electron chi connectivity index (χ2n) is 7.18. The molecule has 3 aromatic rings. The lowest BCUT2D eigenvalue weighted by atomic mass is 10.2. The van der Waals surface area contributed by atoms with Crippen LogP contribution < -0.4 is 0 Å². The third-order valence-corrected chi connectivity index (χ3v) is 5.13. The molecule has 1 aliphatic carbocycles. The molecule has 5 nitrogen and oxygen atoms in total. The Balaban J connectivity index is 0.000000691. The fourth-order valence-electron chi connectivity index (χ4n) is 3.68. The van der Waals surface area contributed by atoms with Gasteiger partial charge in [0, 0.05) is 18.4 Å². The number of aryl methyl sites for hydroxylation is 1. The van der Waals surface area contributed by atoms with Gasteiger partial charge in [-0.3, -0.25) is 9.30 Å². The number of nitrogens with zero attached hydrogens (tertiary/aromatic N) is 4. The molecular formula is C25H45N5. The molecule has 0 atom stereocenters. The summed E-state index contributed by atoms with van der Waals surface area (Å²) in [6, 6.07) is 4.10. The van der Waals surface area contributed by atoms with Crippen molar-refractivity contribution < 1.29 is 0 Å². The minimum atomic E-state index is 0.820. The Kier molecular flexibility index (Phi) is 12.4. The molecule has 3 aromatic heterocycles. The summed E-state index contributed by atoms with van der Waals surface area (Å²) in [4.78, 5) is 15.0. The number of aromatic amines is 1. The second-order valence-corrected chi connectivity index (χ2v) is 7.18. The average molecular weight is 416 g/mol. The molecule has 1 fully saturated rings. The number of pyridine rings is 1. The fraction of sp³-hybridized carbons (Fsp3) is 0.680. The van der Waals surface area contributed by atoms with Crippen LogP contribution in [0.3, 0.4) is 0 Å². The molecule has 1 N–H and O–H groups in total. The van der Waals surface area contributed by atoms with Crippen molar-refractivity contribution >= 4 is 16.9 Å². The maximum Gasteiger partial charge on any atom is 0.214 e. The van der Waals surface area contributed by atoms with Gasteiger partial charge < -0.3 is 4.98 Å². The van der Waals surface area contributed by atoms with Crippen molar-refractivity contribution in [2.24, 2.45) is 5.92 Å². The molecule has 3 heterocycles. The van der Waals surface area contributed by atoms with Gasteiger partial charge in [-0.05, 0) is 57.3 Å². The van der Waals surface area contributed by atoms with Crippen LogP contribution in [0.2, 0.25) is 0 Å². The van der Waals surface area contributed by atoms with Crippen LogP contribution in [0.4, 0.5) is 0 Å². The maximum atomic E-state index is 4.62. The fourth-order valence-corrected chi connectivity index (χ4v) is 3.68. The standard InChI is InChI=1S/C19H27N5.3C2H6/c1-3-11-23(12-5-6-15-8-9-15)13-17-14(2)21-19-22-18-16(24(17)19)7-4-10-20-18;3*1-2/h4,7,10,15H,3,5-6,8-9,11-13H2,1-2H3,(H,20,21,22);3*1-2H3. The molecule has 0 saturated heterocycles. The van der Waals surface area contributed by atoms with E-state index >= 15 is 0 Å². The Bertz CT molecular complexity index is 829. The summed E-state index contributed by atoms with van der Waals surface area (Å²) < 4.78 is 2.25. The van der Waals surface area contributed by atoms with Crippen LogP contribution in [0.25, 0.3) is 16.9 Å². The Morgan fingerprint density at radius 2 is 1.80 bits per heavy atom. The zero-order chi connectivity index (χ0) is 22.5. The molecule has 0 radical (unpaired) electrons. The predicted octanol–water partition coefficient (Wildman–Crippen LogP) is 7.00. The number of hydrogen-bond donors (Lipinski definition) is 1. The van der Waals surface area contributed by atoms with E-state index in [1.807, 2.05) is 53.8 Å². The first-order chi connectivity index (χ1) is 14.8. The van der Waals surface area contributed by atoms with Crippen molar-refractivity contribution in [2.75, 3.05) is 13.1 Å². The largest absolute Gasteiger partial charge is 0.327 e. The number of imidazole rings is 2. The van der Waals surface area contributed by atoms with Gasteiger partial charge in [-0.15, -0.1) is 0 Å². The smallest absolute Gasteiger partial charge is 0.214 e. The van der Waals surface area contributed by atoms with E-state index in [2.05, 4.69) is 44.2 Å². The third kappa shape index (κ3) is 6.83. The van der Waals surface area contributed by atoms with Crippen LogP contribution in [-0.4, -0.2) is 37.3 Å². The minimum Gasteiger partial charge on any atom is -0.327 e. The van der Waals surface area contributed by atoms with Crippen LogP contribution in [-0.2, 0) is 6.54 Å². The molecule has 5 heteroatoms. The number of nitrogens with one attached hydrogen (secondary N) is 1. The van der Waals surface area contributed by atoms with E-state index < -0.39 is 0 Å². The molecule has 0 unspecified atom stereocenters. The van der Waals surface area contributed by atoms with E-state index in [9.17, 15) is 0 Å². The number of rotatable bonds is 8. The maximum absolute atomic E-state index is 4.62. The highest BCUT2D eigenvalue weighted by Crippen LogP contribution is 2.33. The van der Waals surface area contributed by atoms with Crippen LogP contribution in [0.15, 0.2) is 18.3 Å². The summed E-state index contributed by atoms with van der Waals surface area (Å²) in [5.74, 6) is 1.93. The van der Waals surface area contributed by atoms with E-state index in [1.54, 1.807) is 0 Å². The molecule has 0 aliphatic heterocycles. The number of fused-ring (bicyclic) bond motifs is 3. The van der Waals surface area contributed by atoms with Crippen LogP contribution >= 0.6 is 0 Å². The molecule has 0 bridgehead atoms. The normalized spacial score (nSPS) is 12.7. The summed E-state index contributed by atoms with van der Waals surface area (Å²) in [6.45, 7) is 19.7. The van der Waals surface area contributed by atoms with E-state index in [4.69, 9.17) is 0 Å². The summed E-state index contributed by atoms with van der Waals surface area (Å²) >= 11 is 0. The Labute approximate surface area is 184 Å². The molecule has 1 aliphatic rings. The van der Waals surface area contributed by atoms with Gasteiger partial charge in [0.05, 0.1) is 11.2 Å². The molecule has 30 heavy (non-hydrogen) atoms. The van der Waals surface area contributed by atoms with Gasteiger partial charge in [0.15, 0.2) is 5.65 Å². The molecule has 0 spiro atoms. The second kappa shape index (κ2) is 14.2. The topological polar surface area (TPSA) is 49.2 Å². The molecular weight excluding hydrogens is 370 g/mol. The summed E-state index contributed by atoms with van der Waals surface area (Å²) in [6.07, 6.45) is 8.65. The average Bonchev–Trinajstić information content (AvgIpc) is 3.48. The molecule has 0 amide bonds. The summed E-state index contributed by atoms with van der Waals surface area (Å²) in [5, 5.41) is 0. The zero-order valence-corrected chi connectivity index (χ0v) is 20.8. The highest BCUT2D eigenvalue weighted by atomic mass is 15.2. The highest BCUT2D eigenvalue weighted by molar-refractivity contribution is 5.76. The van der Waals surface area contributed by atoms with Crippen molar-refractivity contribution in [1.29, 1.82) is 0 Å². The van der Waals surface area contributed by atoms with E-state index in [1.165, 1.54) is 50.0 Å². The van der Waals surface area contributed by atoms with Gasteiger partial charge in [0.1, 0.15) is 0 Å². The predicted molar refractivity (Wildman–Crippen MR) is 131 cm³/mol. The SMILES string of the molecule is CC.CC.CC.CCCN(CCCC1CC1)Cc1c(C)[nH]c2nc3ncccc3n12. The Morgan fingerprint density at radius 1 is 1.10 bits per heavy atom. The first kappa shape index (κ1) is 26.2. The Hall–Kier alpha value is -1.88. The van der Waals surface area contributed by atoms with Crippen LogP contribution in [0.5, 0.6) is 0 Å². The molecule has 1 saturated carbocycles. The number of aromatic nitrogens is 4. The molecule has 170 valence electrons. The zero-order valence-electron chi connectivity index (χ0n) is 20.8. The lowest BCUT2D eigenvalue weighted by Crippen LogP contribution is -2.26. The minimum absolute atomic E-state index is 0.820. The number of H-pyrrole nitrogens is 1. The van der Waals surface area contributed by atoms with E-state index in [-0.39, 0.29) is 0 Å². The van der Waals surface area contributed by atoms with Gasteiger partial charge >= 0.3 is 0 Å². The Morgan fingerprint density at radius 3 is 2.43 bits per heavy atom. The van der Waals surface area contributed by atoms with Crippen molar-refractivity contribution in [3.63, 3.8) is 0 Å². The van der Waals surface area contributed by atoms with Crippen molar-refractivity contribution in [3.05, 3.63) is 29.7 Å². The van der Waals surface area contributed by atoms with E-state index in [0.717, 1.165) is 35.9 Å². The van der Waals surface area contributed by atoms with Gasteiger partial charge in [-0.1, -0.05) is 61.3 Å². The monoisotopic (exact) mass is 415 g/mol. The third-order valence-electron chi connectivity index (χ3n) is 5.13. The van der Waals surface area contributed by atoms with Crippen LogP contribution in [0, 0.1) is 12.8 Å². The first-order valence-corrected chi connectivity index (χ1v) is 12.3. The number of hydrogen-bond acceptors (Lipinski definition) is 3. The molecule has 0 aromatic carbocycles.